The van der Waals surface area contributed by atoms with Crippen LogP contribution in [0.15, 0.2) is 14.6 Å². The van der Waals surface area contributed by atoms with E-state index in [-0.39, 0.29) is 17.6 Å². The number of nitrogens with zero attached hydrogens (tertiary/aromatic N) is 5. The summed E-state index contributed by atoms with van der Waals surface area (Å²) in [5.41, 5.74) is -0.488. The van der Waals surface area contributed by atoms with Crippen LogP contribution in [0.1, 0.15) is 47.4 Å². The van der Waals surface area contributed by atoms with Crippen LogP contribution >= 0.6 is 11.8 Å². The van der Waals surface area contributed by atoms with E-state index in [9.17, 15) is 14.4 Å². The Labute approximate surface area is 188 Å². The highest BCUT2D eigenvalue weighted by Gasteiger charge is 2.21. The van der Waals surface area contributed by atoms with E-state index < -0.39 is 11.2 Å². The molecule has 2 aromatic heterocycles. The van der Waals surface area contributed by atoms with Gasteiger partial charge in [0.2, 0.25) is 5.91 Å². The van der Waals surface area contributed by atoms with E-state index in [2.05, 4.69) is 37.7 Å². The molecular weight excluding hydrogens is 414 g/mol. The van der Waals surface area contributed by atoms with E-state index in [1.54, 1.807) is 6.92 Å². The van der Waals surface area contributed by atoms with Crippen molar-refractivity contribution in [2.45, 2.75) is 60.0 Å². The molecule has 0 fully saturated rings. The van der Waals surface area contributed by atoms with Gasteiger partial charge in [0, 0.05) is 26.7 Å². The first kappa shape index (κ1) is 25.1. The maximum Gasteiger partial charge on any atom is 0.332 e. The smallest absolute Gasteiger partial charge is 0.332 e. The summed E-state index contributed by atoms with van der Waals surface area (Å²) in [6.07, 6.45) is 0. The van der Waals surface area contributed by atoms with Gasteiger partial charge in [0.15, 0.2) is 5.65 Å². The summed E-state index contributed by atoms with van der Waals surface area (Å²) in [7, 11) is 1.47. The first-order valence-electron chi connectivity index (χ1n) is 10.8. The molecule has 0 N–H and O–H groups in total. The van der Waals surface area contributed by atoms with Crippen molar-refractivity contribution >= 4 is 28.7 Å². The molecule has 0 atom stereocenters. The molecule has 172 valence electrons. The SMILES string of the molecule is Cc1nc(SCC(=O)N(CC(C)C)CC(C)C)c2c(=O)n(C)c(=O)n(CC(C)C)c2n1. The predicted molar refractivity (Wildman–Crippen MR) is 126 cm³/mol. The maximum absolute atomic E-state index is 13.0. The second-order valence-corrected chi connectivity index (χ2v) is 10.3. The Bertz CT molecular complexity index is 1050. The van der Waals surface area contributed by atoms with Gasteiger partial charge in [-0.25, -0.2) is 14.8 Å². The minimum absolute atomic E-state index is 0.0177. The molecule has 2 rings (SSSR count). The largest absolute Gasteiger partial charge is 0.341 e. The summed E-state index contributed by atoms with van der Waals surface area (Å²) in [4.78, 5) is 49.4. The van der Waals surface area contributed by atoms with E-state index >= 15 is 0 Å². The number of rotatable bonds is 9. The van der Waals surface area contributed by atoms with Crippen LogP contribution in [0, 0.1) is 24.7 Å². The summed E-state index contributed by atoms with van der Waals surface area (Å²) in [5.74, 6) is 1.60. The molecule has 0 bridgehead atoms. The molecule has 0 aromatic carbocycles. The van der Waals surface area contributed by atoms with Crippen LogP contribution < -0.4 is 11.2 Å². The van der Waals surface area contributed by atoms with Crippen molar-refractivity contribution < 1.29 is 4.79 Å². The number of hydrogen-bond donors (Lipinski definition) is 0. The molecule has 0 unspecified atom stereocenters. The summed E-state index contributed by atoms with van der Waals surface area (Å²) >= 11 is 1.24. The van der Waals surface area contributed by atoms with Crippen molar-refractivity contribution in [3.8, 4) is 0 Å². The van der Waals surface area contributed by atoms with Gasteiger partial charge in [-0.15, -0.1) is 0 Å². The fraction of sp³-hybridized carbons (Fsp3) is 0.682. The highest BCUT2D eigenvalue weighted by Crippen LogP contribution is 2.23. The Hall–Kier alpha value is -2.16. The zero-order chi connectivity index (χ0) is 23.5. The number of fused-ring (bicyclic) bond motifs is 1. The number of thioether (sulfide) groups is 1. The van der Waals surface area contributed by atoms with Gasteiger partial charge < -0.3 is 4.90 Å². The summed E-state index contributed by atoms with van der Waals surface area (Å²) in [6.45, 7) is 15.9. The van der Waals surface area contributed by atoms with Gasteiger partial charge >= 0.3 is 5.69 Å². The summed E-state index contributed by atoms with van der Waals surface area (Å²) in [6, 6.07) is 0. The van der Waals surface area contributed by atoms with Crippen molar-refractivity contribution in [1.82, 2.24) is 24.0 Å². The van der Waals surface area contributed by atoms with Crippen LogP contribution in [-0.2, 0) is 18.4 Å². The fourth-order valence-corrected chi connectivity index (χ4v) is 4.42. The Morgan fingerprint density at radius 2 is 1.58 bits per heavy atom. The number of carbonyl (C=O) groups excluding carboxylic acids is 1. The van der Waals surface area contributed by atoms with Crippen LogP contribution in [-0.4, -0.2) is 48.8 Å². The molecule has 0 saturated heterocycles. The lowest BCUT2D eigenvalue weighted by atomic mass is 10.1. The van der Waals surface area contributed by atoms with Crippen LogP contribution in [0.4, 0.5) is 0 Å². The molecule has 0 aliphatic heterocycles. The lowest BCUT2D eigenvalue weighted by molar-refractivity contribution is -0.129. The van der Waals surface area contributed by atoms with Crippen molar-refractivity contribution in [2.24, 2.45) is 24.8 Å². The standard InChI is InChI=1S/C22H35N5O3S/c1-13(2)9-26(10-14(3)4)17(28)12-31-20-18-19(23-16(7)24-20)27(11-15(5)6)22(30)25(8)21(18)29/h13-15H,9-12H2,1-8H3. The number of aromatic nitrogens is 4. The van der Waals surface area contributed by atoms with Gasteiger partial charge in [-0.05, 0) is 24.7 Å². The third kappa shape index (κ3) is 6.18. The second kappa shape index (κ2) is 10.4. The number of aryl methyl sites for hydroxylation is 1. The van der Waals surface area contributed by atoms with Crippen LogP contribution in [0.25, 0.3) is 11.0 Å². The van der Waals surface area contributed by atoms with Gasteiger partial charge in [0.1, 0.15) is 16.2 Å². The van der Waals surface area contributed by atoms with Crippen LogP contribution in [0.5, 0.6) is 0 Å². The third-order valence-corrected chi connectivity index (χ3v) is 5.62. The Morgan fingerprint density at radius 1 is 1.00 bits per heavy atom. The summed E-state index contributed by atoms with van der Waals surface area (Å²) < 4.78 is 2.63. The van der Waals surface area contributed by atoms with Gasteiger partial charge in [0.25, 0.3) is 5.56 Å². The molecule has 1 amide bonds. The molecular formula is C22H35N5O3S. The number of hydrogen-bond acceptors (Lipinski definition) is 6. The molecule has 0 radical (unpaired) electrons. The monoisotopic (exact) mass is 449 g/mol. The predicted octanol–water partition coefficient (Wildman–Crippen LogP) is 2.69. The van der Waals surface area contributed by atoms with E-state index in [4.69, 9.17) is 0 Å². The van der Waals surface area contributed by atoms with E-state index in [1.807, 2.05) is 18.7 Å². The van der Waals surface area contributed by atoms with Crippen LogP contribution in [0.3, 0.4) is 0 Å². The highest BCUT2D eigenvalue weighted by molar-refractivity contribution is 8.00. The van der Waals surface area contributed by atoms with E-state index in [0.717, 1.165) is 4.57 Å². The van der Waals surface area contributed by atoms with E-state index in [1.165, 1.54) is 23.4 Å². The van der Waals surface area contributed by atoms with E-state index in [0.29, 0.717) is 53.4 Å². The van der Waals surface area contributed by atoms with Gasteiger partial charge in [-0.3, -0.25) is 18.7 Å². The first-order valence-corrected chi connectivity index (χ1v) is 11.8. The van der Waals surface area contributed by atoms with Crippen molar-refractivity contribution in [3.05, 3.63) is 26.7 Å². The zero-order valence-corrected chi connectivity index (χ0v) is 20.7. The summed E-state index contributed by atoms with van der Waals surface area (Å²) in [5, 5.41) is 0.744. The van der Waals surface area contributed by atoms with Gasteiger partial charge in [-0.1, -0.05) is 53.3 Å². The van der Waals surface area contributed by atoms with Gasteiger partial charge in [-0.2, -0.15) is 0 Å². The molecule has 31 heavy (non-hydrogen) atoms. The third-order valence-electron chi connectivity index (χ3n) is 4.66. The lowest BCUT2D eigenvalue weighted by Crippen LogP contribution is -2.40. The molecule has 2 heterocycles. The average Bonchev–Trinajstić information content (AvgIpc) is 2.65. The average molecular weight is 450 g/mol. The minimum atomic E-state index is -0.434. The Balaban J connectivity index is 2.48. The molecule has 0 spiro atoms. The number of carbonyl (C=O) groups is 1. The quantitative estimate of drug-likeness (QED) is 0.432. The van der Waals surface area contributed by atoms with Crippen molar-refractivity contribution in [2.75, 3.05) is 18.8 Å². The molecule has 9 heteroatoms. The van der Waals surface area contributed by atoms with Gasteiger partial charge in [0.05, 0.1) is 5.75 Å². The molecule has 0 aliphatic carbocycles. The lowest BCUT2D eigenvalue weighted by Gasteiger charge is -2.26. The first-order chi connectivity index (χ1) is 14.4. The molecule has 2 aromatic rings. The normalized spacial score (nSPS) is 11.8. The molecule has 8 nitrogen and oxygen atoms in total. The van der Waals surface area contributed by atoms with Crippen molar-refractivity contribution in [3.63, 3.8) is 0 Å². The Kier molecular flexibility index (Phi) is 8.45. The second-order valence-electron chi connectivity index (χ2n) is 9.30. The highest BCUT2D eigenvalue weighted by atomic mass is 32.2. The topological polar surface area (TPSA) is 90.1 Å². The zero-order valence-electron chi connectivity index (χ0n) is 19.9. The number of amides is 1. The molecule has 0 aliphatic rings. The maximum atomic E-state index is 13.0. The van der Waals surface area contributed by atoms with Crippen LogP contribution in [0.2, 0.25) is 0 Å². The van der Waals surface area contributed by atoms with Crippen molar-refractivity contribution in [1.29, 1.82) is 0 Å². The minimum Gasteiger partial charge on any atom is -0.341 e. The fourth-order valence-electron chi connectivity index (χ4n) is 3.46. The molecule has 0 saturated carbocycles. The Morgan fingerprint density at radius 3 is 2.10 bits per heavy atom.